The molecule has 0 aliphatic heterocycles. The molecular formula is C10H13N3O4S. The molecule has 98 valence electrons. The van der Waals surface area contributed by atoms with Crippen molar-refractivity contribution < 1.29 is 19.1 Å². The van der Waals surface area contributed by atoms with Crippen molar-refractivity contribution in [3.05, 3.63) is 11.8 Å². The van der Waals surface area contributed by atoms with Crippen LogP contribution < -0.4 is 5.73 Å². The summed E-state index contributed by atoms with van der Waals surface area (Å²) >= 11 is 1.07. The second-order valence-corrected chi connectivity index (χ2v) is 3.98. The number of nitrogens with two attached hydrogens (primary N) is 1. The van der Waals surface area contributed by atoms with E-state index in [-0.39, 0.29) is 23.7 Å². The third kappa shape index (κ3) is 3.88. The first-order valence-electron chi connectivity index (χ1n) is 5.07. The van der Waals surface area contributed by atoms with Gasteiger partial charge in [0.25, 0.3) is 0 Å². The highest BCUT2D eigenvalue weighted by Gasteiger charge is 2.14. The summed E-state index contributed by atoms with van der Waals surface area (Å²) in [5.41, 5.74) is 5.72. The first-order chi connectivity index (χ1) is 8.58. The molecule has 1 aromatic rings. The van der Waals surface area contributed by atoms with Gasteiger partial charge in [-0.2, -0.15) is 0 Å². The molecule has 0 spiro atoms. The first-order valence-corrected chi connectivity index (χ1v) is 6.06. The van der Waals surface area contributed by atoms with E-state index in [1.807, 2.05) is 0 Å². The summed E-state index contributed by atoms with van der Waals surface area (Å²) in [6.45, 7) is 1.94. The SMILES string of the molecule is CCOC(=O)c1cnc(SCC(=O)OC)nc1N. The van der Waals surface area contributed by atoms with Gasteiger partial charge in [0.15, 0.2) is 5.16 Å². The fraction of sp³-hybridized carbons (Fsp3) is 0.400. The molecule has 18 heavy (non-hydrogen) atoms. The van der Waals surface area contributed by atoms with Crippen molar-refractivity contribution >= 4 is 29.5 Å². The van der Waals surface area contributed by atoms with Gasteiger partial charge in [-0.3, -0.25) is 4.79 Å². The van der Waals surface area contributed by atoms with E-state index in [0.29, 0.717) is 5.16 Å². The highest BCUT2D eigenvalue weighted by molar-refractivity contribution is 7.99. The molecule has 0 fully saturated rings. The zero-order valence-electron chi connectivity index (χ0n) is 10.0. The zero-order valence-corrected chi connectivity index (χ0v) is 10.8. The lowest BCUT2D eigenvalue weighted by Gasteiger charge is -2.05. The second-order valence-electron chi connectivity index (χ2n) is 3.04. The molecule has 2 N–H and O–H groups in total. The number of aromatic nitrogens is 2. The monoisotopic (exact) mass is 271 g/mol. The number of hydrogen-bond acceptors (Lipinski definition) is 8. The van der Waals surface area contributed by atoms with Crippen LogP contribution in [0, 0.1) is 0 Å². The van der Waals surface area contributed by atoms with Crippen LogP contribution >= 0.6 is 11.8 Å². The molecule has 1 aromatic heterocycles. The Labute approximate surface area is 108 Å². The van der Waals surface area contributed by atoms with Gasteiger partial charge in [-0.1, -0.05) is 11.8 Å². The summed E-state index contributed by atoms with van der Waals surface area (Å²) in [7, 11) is 1.29. The lowest BCUT2D eigenvalue weighted by atomic mass is 10.3. The Hall–Kier alpha value is -1.83. The molecular weight excluding hydrogens is 258 g/mol. The van der Waals surface area contributed by atoms with Gasteiger partial charge < -0.3 is 15.2 Å². The first kappa shape index (κ1) is 14.2. The maximum atomic E-state index is 11.4. The number of ether oxygens (including phenoxy) is 2. The average Bonchev–Trinajstić information content (AvgIpc) is 2.36. The van der Waals surface area contributed by atoms with Crippen LogP contribution in [0.1, 0.15) is 17.3 Å². The van der Waals surface area contributed by atoms with Crippen LogP contribution in [0.4, 0.5) is 5.82 Å². The van der Waals surface area contributed by atoms with Gasteiger partial charge in [-0.15, -0.1) is 0 Å². The largest absolute Gasteiger partial charge is 0.468 e. The number of carbonyl (C=O) groups excluding carboxylic acids is 2. The van der Waals surface area contributed by atoms with Crippen molar-refractivity contribution in [2.45, 2.75) is 12.1 Å². The van der Waals surface area contributed by atoms with Crippen LogP contribution in [0.15, 0.2) is 11.4 Å². The van der Waals surface area contributed by atoms with Gasteiger partial charge >= 0.3 is 11.9 Å². The van der Waals surface area contributed by atoms with Crippen molar-refractivity contribution in [1.29, 1.82) is 0 Å². The number of hydrogen-bond donors (Lipinski definition) is 1. The topological polar surface area (TPSA) is 104 Å². The van der Waals surface area contributed by atoms with Gasteiger partial charge in [-0.05, 0) is 6.92 Å². The average molecular weight is 271 g/mol. The minimum absolute atomic E-state index is 0.0239. The number of anilines is 1. The van der Waals surface area contributed by atoms with E-state index >= 15 is 0 Å². The van der Waals surface area contributed by atoms with Crippen molar-refractivity contribution in [1.82, 2.24) is 9.97 Å². The third-order valence-electron chi connectivity index (χ3n) is 1.84. The number of methoxy groups -OCH3 is 1. The summed E-state index contributed by atoms with van der Waals surface area (Å²) in [5.74, 6) is -0.860. The molecule has 0 aliphatic carbocycles. The number of nitrogens with zero attached hydrogens (tertiary/aromatic N) is 2. The Morgan fingerprint density at radius 2 is 2.22 bits per heavy atom. The number of nitrogen functional groups attached to an aromatic ring is 1. The molecule has 0 bridgehead atoms. The fourth-order valence-electron chi connectivity index (χ4n) is 0.996. The van der Waals surface area contributed by atoms with Crippen LogP contribution in [-0.4, -0.2) is 41.4 Å². The van der Waals surface area contributed by atoms with Crippen molar-refractivity contribution in [2.24, 2.45) is 0 Å². The predicted octanol–water partition coefficient (Wildman–Crippen LogP) is 0.501. The van der Waals surface area contributed by atoms with E-state index in [0.717, 1.165) is 11.8 Å². The van der Waals surface area contributed by atoms with Crippen LogP contribution in [0.2, 0.25) is 0 Å². The Bertz CT molecular complexity index is 453. The lowest BCUT2D eigenvalue weighted by Crippen LogP contribution is -2.11. The molecule has 1 rings (SSSR count). The van der Waals surface area contributed by atoms with Crippen LogP contribution in [0.5, 0.6) is 0 Å². The zero-order chi connectivity index (χ0) is 13.5. The molecule has 0 atom stereocenters. The maximum absolute atomic E-state index is 11.4. The molecule has 0 amide bonds. The number of carbonyl (C=O) groups is 2. The standard InChI is InChI=1S/C10H13N3O4S/c1-3-17-9(15)6-4-12-10(13-8(6)11)18-5-7(14)16-2/h4H,3,5H2,1-2H3,(H2,11,12,13). The quantitative estimate of drug-likeness (QED) is 0.469. The fourth-order valence-corrected chi connectivity index (χ4v) is 1.65. The second kappa shape index (κ2) is 6.80. The Kier molecular flexibility index (Phi) is 5.37. The van der Waals surface area contributed by atoms with E-state index in [1.165, 1.54) is 13.3 Å². The minimum Gasteiger partial charge on any atom is -0.468 e. The van der Waals surface area contributed by atoms with Gasteiger partial charge in [0.05, 0.1) is 19.5 Å². The van der Waals surface area contributed by atoms with Crippen LogP contribution in [-0.2, 0) is 14.3 Å². The Morgan fingerprint density at radius 3 is 2.78 bits per heavy atom. The summed E-state index contributed by atoms with van der Waals surface area (Å²) < 4.78 is 9.26. The van der Waals surface area contributed by atoms with E-state index in [4.69, 9.17) is 10.5 Å². The van der Waals surface area contributed by atoms with Crippen molar-refractivity contribution in [3.8, 4) is 0 Å². The number of esters is 2. The smallest absolute Gasteiger partial charge is 0.343 e. The van der Waals surface area contributed by atoms with Gasteiger partial charge in [0.2, 0.25) is 0 Å². The predicted molar refractivity (Wildman–Crippen MR) is 65.1 cm³/mol. The van der Waals surface area contributed by atoms with Gasteiger partial charge in [0, 0.05) is 6.20 Å². The highest BCUT2D eigenvalue weighted by atomic mass is 32.2. The van der Waals surface area contributed by atoms with Gasteiger partial charge in [0.1, 0.15) is 11.4 Å². The van der Waals surface area contributed by atoms with Gasteiger partial charge in [-0.25, -0.2) is 14.8 Å². The minimum atomic E-state index is -0.570. The van der Waals surface area contributed by atoms with E-state index in [2.05, 4.69) is 14.7 Å². The Morgan fingerprint density at radius 1 is 1.50 bits per heavy atom. The summed E-state index contributed by atoms with van der Waals surface area (Å²) in [5, 5.41) is 0.297. The molecule has 7 nitrogen and oxygen atoms in total. The third-order valence-corrected chi connectivity index (χ3v) is 2.67. The molecule has 1 heterocycles. The Balaban J connectivity index is 2.73. The summed E-state index contributed by atoms with van der Waals surface area (Å²) in [6.07, 6.45) is 1.28. The molecule has 0 aliphatic rings. The summed E-state index contributed by atoms with van der Waals surface area (Å²) in [6, 6.07) is 0. The summed E-state index contributed by atoms with van der Waals surface area (Å²) in [4.78, 5) is 30.2. The van der Waals surface area contributed by atoms with Crippen molar-refractivity contribution in [3.63, 3.8) is 0 Å². The van der Waals surface area contributed by atoms with E-state index in [1.54, 1.807) is 6.92 Å². The molecule has 0 saturated carbocycles. The molecule has 0 aromatic carbocycles. The number of thioether (sulfide) groups is 1. The number of rotatable bonds is 5. The lowest BCUT2D eigenvalue weighted by molar-refractivity contribution is -0.137. The normalized spacial score (nSPS) is 9.89. The molecule has 0 saturated heterocycles. The maximum Gasteiger partial charge on any atom is 0.343 e. The van der Waals surface area contributed by atoms with E-state index in [9.17, 15) is 9.59 Å². The van der Waals surface area contributed by atoms with E-state index < -0.39 is 11.9 Å². The van der Waals surface area contributed by atoms with Crippen LogP contribution in [0.25, 0.3) is 0 Å². The highest BCUT2D eigenvalue weighted by Crippen LogP contribution is 2.17. The molecule has 0 radical (unpaired) electrons. The molecule has 8 heteroatoms. The molecule has 0 unspecified atom stereocenters. The van der Waals surface area contributed by atoms with Crippen LogP contribution in [0.3, 0.4) is 0 Å². The van der Waals surface area contributed by atoms with Crippen molar-refractivity contribution in [2.75, 3.05) is 25.2 Å².